The summed E-state index contributed by atoms with van der Waals surface area (Å²) < 4.78 is 20.0. The summed E-state index contributed by atoms with van der Waals surface area (Å²) in [6, 6.07) is 5.77. The zero-order chi connectivity index (χ0) is 15.5. The van der Waals surface area contributed by atoms with Crippen molar-refractivity contribution in [3.05, 3.63) is 60.1 Å². The summed E-state index contributed by atoms with van der Waals surface area (Å²) >= 11 is 0. The maximum atomic E-state index is 13.0. The van der Waals surface area contributed by atoms with E-state index in [1.807, 2.05) is 7.05 Å². The minimum atomic E-state index is -0.518. The molecule has 22 heavy (non-hydrogen) atoms. The molecule has 0 aliphatic carbocycles. The van der Waals surface area contributed by atoms with Crippen LogP contribution < -0.4 is 0 Å². The lowest BCUT2D eigenvalue weighted by Gasteiger charge is -2.05. The monoisotopic (exact) mass is 300 g/mol. The van der Waals surface area contributed by atoms with Crippen molar-refractivity contribution in [3.63, 3.8) is 0 Å². The molecule has 6 nitrogen and oxygen atoms in total. The van der Waals surface area contributed by atoms with E-state index in [2.05, 4.69) is 15.2 Å². The maximum absolute atomic E-state index is 13.0. The normalized spacial score (nSPS) is 10.6. The van der Waals surface area contributed by atoms with Crippen LogP contribution in [-0.4, -0.2) is 25.7 Å². The highest BCUT2D eigenvalue weighted by Crippen LogP contribution is 2.22. The number of aromatic nitrogens is 4. The molecule has 7 heteroatoms. The molecule has 0 fully saturated rings. The first kappa shape index (κ1) is 14.0. The quantitative estimate of drug-likeness (QED) is 0.750. The Hall–Kier alpha value is -2.96. The van der Waals surface area contributed by atoms with E-state index in [0.717, 1.165) is 0 Å². The lowest BCUT2D eigenvalue weighted by molar-refractivity contribution is 0.0460. The van der Waals surface area contributed by atoms with Gasteiger partial charge in [-0.2, -0.15) is 5.10 Å². The van der Waals surface area contributed by atoms with Crippen LogP contribution >= 0.6 is 0 Å². The highest BCUT2D eigenvalue weighted by atomic mass is 19.1. The third-order valence-corrected chi connectivity index (χ3v) is 3.25. The Bertz CT molecular complexity index is 792. The molecule has 2 aromatic heterocycles. The zero-order valence-corrected chi connectivity index (χ0v) is 11.8. The van der Waals surface area contributed by atoms with Crippen molar-refractivity contribution in [2.24, 2.45) is 7.05 Å². The Kier molecular flexibility index (Phi) is 3.69. The second kappa shape index (κ2) is 5.80. The number of halogens is 1. The molecule has 3 rings (SSSR count). The standard InChI is InChI=1S/C15H13FN4O2/c1-20-7-6-17-13(20)9-22-15(21)12-8-18-19-14(12)10-2-4-11(16)5-3-10/h2-8H,9H2,1H3,(H,18,19). The van der Waals surface area contributed by atoms with E-state index >= 15 is 0 Å². The van der Waals surface area contributed by atoms with Gasteiger partial charge in [0.15, 0.2) is 0 Å². The van der Waals surface area contributed by atoms with E-state index in [-0.39, 0.29) is 12.4 Å². The van der Waals surface area contributed by atoms with Crippen molar-refractivity contribution >= 4 is 5.97 Å². The van der Waals surface area contributed by atoms with Crippen LogP contribution in [-0.2, 0) is 18.4 Å². The molecule has 112 valence electrons. The van der Waals surface area contributed by atoms with E-state index in [0.29, 0.717) is 22.6 Å². The number of esters is 1. The van der Waals surface area contributed by atoms with E-state index in [9.17, 15) is 9.18 Å². The van der Waals surface area contributed by atoms with Gasteiger partial charge in [-0.3, -0.25) is 5.10 Å². The molecule has 0 unspecified atom stereocenters. The molecule has 0 aliphatic rings. The third kappa shape index (κ3) is 2.73. The van der Waals surface area contributed by atoms with Crippen LogP contribution in [0.15, 0.2) is 42.9 Å². The first-order valence-electron chi connectivity index (χ1n) is 6.58. The number of imidazole rings is 1. The zero-order valence-electron chi connectivity index (χ0n) is 11.8. The fourth-order valence-corrected chi connectivity index (χ4v) is 2.02. The summed E-state index contributed by atoms with van der Waals surface area (Å²) in [5.41, 5.74) is 1.44. The summed E-state index contributed by atoms with van der Waals surface area (Å²) in [4.78, 5) is 16.3. The molecule has 0 aliphatic heterocycles. The number of hydrogen-bond donors (Lipinski definition) is 1. The van der Waals surface area contributed by atoms with E-state index in [1.54, 1.807) is 29.1 Å². The number of hydrogen-bond acceptors (Lipinski definition) is 4. The Morgan fingerprint density at radius 1 is 1.36 bits per heavy atom. The largest absolute Gasteiger partial charge is 0.454 e. The smallest absolute Gasteiger partial charge is 0.342 e. The van der Waals surface area contributed by atoms with Crippen LogP contribution in [0.2, 0.25) is 0 Å². The molecule has 3 aromatic rings. The number of carbonyl (C=O) groups is 1. The van der Waals surface area contributed by atoms with Crippen molar-refractivity contribution in [2.75, 3.05) is 0 Å². The number of ether oxygens (including phenoxy) is 1. The van der Waals surface area contributed by atoms with Gasteiger partial charge in [-0.1, -0.05) is 0 Å². The van der Waals surface area contributed by atoms with Gasteiger partial charge in [-0.15, -0.1) is 0 Å². The van der Waals surface area contributed by atoms with Gasteiger partial charge in [-0.05, 0) is 24.3 Å². The second-order valence-electron chi connectivity index (χ2n) is 4.70. The minimum absolute atomic E-state index is 0.0658. The van der Waals surface area contributed by atoms with Crippen molar-refractivity contribution in [1.29, 1.82) is 0 Å². The lowest BCUT2D eigenvalue weighted by Crippen LogP contribution is -2.08. The van der Waals surface area contributed by atoms with E-state index < -0.39 is 5.97 Å². The number of aryl methyl sites for hydroxylation is 1. The van der Waals surface area contributed by atoms with Gasteiger partial charge in [0.05, 0.1) is 11.9 Å². The van der Waals surface area contributed by atoms with Gasteiger partial charge in [0, 0.05) is 25.0 Å². The van der Waals surface area contributed by atoms with Crippen molar-refractivity contribution in [1.82, 2.24) is 19.7 Å². The van der Waals surface area contributed by atoms with Gasteiger partial charge in [0.2, 0.25) is 0 Å². The molecule has 0 amide bonds. The number of rotatable bonds is 4. The lowest BCUT2D eigenvalue weighted by atomic mass is 10.1. The number of carbonyl (C=O) groups excluding carboxylic acids is 1. The van der Waals surface area contributed by atoms with Gasteiger partial charge in [-0.25, -0.2) is 14.2 Å². The molecule has 0 bridgehead atoms. The van der Waals surface area contributed by atoms with Gasteiger partial charge in [0.25, 0.3) is 0 Å². The SMILES string of the molecule is Cn1ccnc1COC(=O)c1cn[nH]c1-c1ccc(F)cc1. The summed E-state index contributed by atoms with van der Waals surface area (Å²) in [6.07, 6.45) is 4.79. The molecule has 0 saturated carbocycles. The van der Waals surface area contributed by atoms with Crippen molar-refractivity contribution < 1.29 is 13.9 Å². The van der Waals surface area contributed by atoms with Crippen LogP contribution in [0, 0.1) is 5.82 Å². The molecule has 0 saturated heterocycles. The summed E-state index contributed by atoms with van der Waals surface area (Å²) in [5.74, 6) is -0.224. The number of benzene rings is 1. The number of nitrogens with zero attached hydrogens (tertiary/aromatic N) is 3. The first-order valence-corrected chi connectivity index (χ1v) is 6.58. The average molecular weight is 300 g/mol. The number of H-pyrrole nitrogens is 1. The minimum Gasteiger partial charge on any atom is -0.454 e. The fourth-order valence-electron chi connectivity index (χ4n) is 2.02. The molecule has 2 heterocycles. The maximum Gasteiger partial charge on any atom is 0.342 e. The molecular weight excluding hydrogens is 287 g/mol. The molecule has 0 radical (unpaired) electrons. The first-order chi connectivity index (χ1) is 10.6. The predicted molar refractivity (Wildman–Crippen MR) is 76.3 cm³/mol. The van der Waals surface area contributed by atoms with Gasteiger partial charge in [0.1, 0.15) is 23.8 Å². The number of nitrogens with one attached hydrogen (secondary N) is 1. The van der Waals surface area contributed by atoms with E-state index in [4.69, 9.17) is 4.74 Å². The van der Waals surface area contributed by atoms with E-state index in [1.165, 1.54) is 18.3 Å². The van der Waals surface area contributed by atoms with Crippen molar-refractivity contribution in [2.45, 2.75) is 6.61 Å². The van der Waals surface area contributed by atoms with Gasteiger partial charge < -0.3 is 9.30 Å². The molecular formula is C15H13FN4O2. The van der Waals surface area contributed by atoms with Crippen LogP contribution in [0.1, 0.15) is 16.2 Å². The van der Waals surface area contributed by atoms with Crippen LogP contribution in [0.5, 0.6) is 0 Å². The highest BCUT2D eigenvalue weighted by molar-refractivity contribution is 5.95. The molecule has 0 atom stereocenters. The fraction of sp³-hybridized carbons (Fsp3) is 0.133. The van der Waals surface area contributed by atoms with Crippen LogP contribution in [0.25, 0.3) is 11.3 Å². The Morgan fingerprint density at radius 3 is 2.82 bits per heavy atom. The molecule has 0 spiro atoms. The summed E-state index contributed by atoms with van der Waals surface area (Å²) in [5, 5.41) is 6.60. The molecule has 1 aromatic carbocycles. The number of aromatic amines is 1. The Labute approximate surface area is 125 Å². The highest BCUT2D eigenvalue weighted by Gasteiger charge is 2.17. The summed E-state index contributed by atoms with van der Waals surface area (Å²) in [6.45, 7) is 0.0658. The third-order valence-electron chi connectivity index (χ3n) is 3.25. The van der Waals surface area contributed by atoms with Gasteiger partial charge >= 0.3 is 5.97 Å². The second-order valence-corrected chi connectivity index (χ2v) is 4.70. The van der Waals surface area contributed by atoms with Crippen molar-refractivity contribution in [3.8, 4) is 11.3 Å². The average Bonchev–Trinajstić information content (AvgIpc) is 3.15. The molecule has 1 N–H and O–H groups in total. The topological polar surface area (TPSA) is 72.8 Å². The summed E-state index contributed by atoms with van der Waals surface area (Å²) in [7, 11) is 1.82. The van der Waals surface area contributed by atoms with Crippen LogP contribution in [0.4, 0.5) is 4.39 Å². The predicted octanol–water partition coefficient (Wildman–Crippen LogP) is 2.31. The van der Waals surface area contributed by atoms with Crippen LogP contribution in [0.3, 0.4) is 0 Å². The Morgan fingerprint density at radius 2 is 2.14 bits per heavy atom. The Balaban J connectivity index is 1.78.